The summed E-state index contributed by atoms with van der Waals surface area (Å²) in [6, 6.07) is 1.73. The topological polar surface area (TPSA) is 58.6 Å². The van der Waals surface area contributed by atoms with Crippen LogP contribution in [0.4, 0.5) is 0 Å². The van der Waals surface area contributed by atoms with Crippen LogP contribution in [0.25, 0.3) is 0 Å². The molecule has 0 radical (unpaired) electrons. The molecule has 4 nitrogen and oxygen atoms in total. The van der Waals surface area contributed by atoms with Gasteiger partial charge in [0, 0.05) is 12.0 Å². The number of carbonyl (C=O) groups is 1. The Morgan fingerprint density at radius 2 is 2.30 bits per heavy atom. The first kappa shape index (κ1) is 16.7. The molecule has 1 aromatic heterocycles. The maximum absolute atomic E-state index is 12.2. The number of nitrogens with one attached hydrogen (secondary N) is 1. The van der Waals surface area contributed by atoms with Gasteiger partial charge >= 0.3 is 0 Å². The molecule has 0 spiro atoms. The molecule has 1 aromatic rings. The van der Waals surface area contributed by atoms with Gasteiger partial charge in [0.2, 0.25) is 0 Å². The Labute approximate surface area is 124 Å². The minimum atomic E-state index is -0.177. The fraction of sp³-hybridized carbons (Fsp3) is 0.533. The first-order chi connectivity index (χ1) is 9.58. The normalized spacial score (nSPS) is 11.8. The van der Waals surface area contributed by atoms with Gasteiger partial charge in [-0.15, -0.1) is 11.3 Å². The minimum absolute atomic E-state index is 0.00525. The maximum atomic E-state index is 12.2. The molecule has 0 bridgehead atoms. The first-order valence-corrected chi connectivity index (χ1v) is 7.53. The zero-order valence-corrected chi connectivity index (χ0v) is 12.9. The molecule has 0 saturated heterocycles. The van der Waals surface area contributed by atoms with E-state index in [2.05, 4.69) is 31.0 Å². The summed E-state index contributed by atoms with van der Waals surface area (Å²) in [6.45, 7) is 7.01. The smallest absolute Gasteiger partial charge is 0.252 e. The van der Waals surface area contributed by atoms with Crippen molar-refractivity contribution in [2.75, 3.05) is 19.8 Å². The predicted molar refractivity (Wildman–Crippen MR) is 80.9 cm³/mol. The van der Waals surface area contributed by atoms with Gasteiger partial charge < -0.3 is 15.2 Å². The molecule has 0 fully saturated rings. The van der Waals surface area contributed by atoms with Gasteiger partial charge in [-0.1, -0.05) is 25.7 Å². The molecule has 2 N–H and O–H groups in total. The monoisotopic (exact) mass is 295 g/mol. The summed E-state index contributed by atoms with van der Waals surface area (Å²) in [4.78, 5) is 12.9. The van der Waals surface area contributed by atoms with Crippen molar-refractivity contribution in [1.82, 2.24) is 5.32 Å². The number of thiophene rings is 1. The van der Waals surface area contributed by atoms with Crippen molar-refractivity contribution >= 4 is 17.2 Å². The quantitative estimate of drug-likeness (QED) is 0.788. The molecule has 0 saturated carbocycles. The van der Waals surface area contributed by atoms with Crippen molar-refractivity contribution in [3.05, 3.63) is 21.9 Å². The van der Waals surface area contributed by atoms with Gasteiger partial charge in [0.25, 0.3) is 5.91 Å². The molecule has 20 heavy (non-hydrogen) atoms. The Bertz CT molecular complexity index is 485. The highest BCUT2D eigenvalue weighted by Crippen LogP contribution is 2.14. The largest absolute Gasteiger partial charge is 0.384 e. The van der Waals surface area contributed by atoms with Crippen LogP contribution in [0.3, 0.4) is 0 Å². The molecule has 1 unspecified atom stereocenters. The zero-order chi connectivity index (χ0) is 15.0. The van der Waals surface area contributed by atoms with E-state index in [1.165, 1.54) is 11.3 Å². The first-order valence-electron chi connectivity index (χ1n) is 6.65. The standard InChI is InChI=1S/C15H21NO3S/c1-4-19-9-14(11(2)3)16-15(18)12-8-13(20-10-12)6-5-7-17/h8,10-11,14,17H,4,7,9H2,1-3H3,(H,16,18). The van der Waals surface area contributed by atoms with Crippen LogP contribution in [-0.2, 0) is 4.74 Å². The molecular weight excluding hydrogens is 274 g/mol. The van der Waals surface area contributed by atoms with E-state index >= 15 is 0 Å². The van der Waals surface area contributed by atoms with Crippen molar-refractivity contribution < 1.29 is 14.6 Å². The lowest BCUT2D eigenvalue weighted by molar-refractivity contribution is 0.0806. The number of aliphatic hydroxyl groups excluding tert-OH is 1. The Morgan fingerprint density at radius 1 is 1.55 bits per heavy atom. The summed E-state index contributed by atoms with van der Waals surface area (Å²) in [5.74, 6) is 5.55. The second-order valence-electron chi connectivity index (χ2n) is 4.64. The number of aliphatic hydroxyl groups is 1. The lowest BCUT2D eigenvalue weighted by Crippen LogP contribution is -2.41. The van der Waals surface area contributed by atoms with Gasteiger partial charge in [0.05, 0.1) is 23.1 Å². The van der Waals surface area contributed by atoms with Crippen LogP contribution in [0.5, 0.6) is 0 Å². The van der Waals surface area contributed by atoms with E-state index in [0.29, 0.717) is 24.7 Å². The minimum Gasteiger partial charge on any atom is -0.384 e. The van der Waals surface area contributed by atoms with Crippen molar-refractivity contribution in [1.29, 1.82) is 0 Å². The molecule has 1 amide bonds. The summed E-state index contributed by atoms with van der Waals surface area (Å²) in [5, 5.41) is 13.4. The maximum Gasteiger partial charge on any atom is 0.252 e. The number of hydrogen-bond donors (Lipinski definition) is 2. The van der Waals surface area contributed by atoms with Crippen LogP contribution in [0, 0.1) is 17.8 Å². The molecule has 0 aromatic carbocycles. The Kier molecular flexibility index (Phi) is 7.31. The second kappa shape index (κ2) is 8.75. The van der Waals surface area contributed by atoms with Gasteiger partial charge in [-0.2, -0.15) is 0 Å². The highest BCUT2D eigenvalue weighted by atomic mass is 32.1. The molecule has 0 aliphatic carbocycles. The lowest BCUT2D eigenvalue weighted by atomic mass is 10.1. The summed E-state index contributed by atoms with van der Waals surface area (Å²) in [6.07, 6.45) is 0. The zero-order valence-electron chi connectivity index (χ0n) is 12.1. The Hall–Kier alpha value is -1.35. The SMILES string of the molecule is CCOCC(NC(=O)c1csc(C#CCO)c1)C(C)C. The van der Waals surface area contributed by atoms with Gasteiger partial charge in [0.1, 0.15) is 6.61 Å². The Balaban J connectivity index is 2.66. The third kappa shape index (κ3) is 5.33. The molecule has 1 atom stereocenters. The number of carbonyl (C=O) groups excluding carboxylic acids is 1. The predicted octanol–water partition coefficient (Wildman–Crippen LogP) is 1.88. The van der Waals surface area contributed by atoms with E-state index in [0.717, 1.165) is 4.88 Å². The number of hydrogen-bond acceptors (Lipinski definition) is 4. The third-order valence-corrected chi connectivity index (χ3v) is 3.62. The van der Waals surface area contributed by atoms with Gasteiger partial charge in [-0.3, -0.25) is 4.79 Å². The van der Waals surface area contributed by atoms with Crippen LogP contribution in [0.2, 0.25) is 0 Å². The van der Waals surface area contributed by atoms with E-state index in [1.807, 2.05) is 6.92 Å². The van der Waals surface area contributed by atoms with E-state index in [-0.39, 0.29) is 18.6 Å². The van der Waals surface area contributed by atoms with Crippen LogP contribution >= 0.6 is 11.3 Å². The number of ether oxygens (including phenoxy) is 1. The molecule has 1 heterocycles. The van der Waals surface area contributed by atoms with E-state index in [9.17, 15) is 4.79 Å². The number of rotatable bonds is 6. The summed E-state index contributed by atoms with van der Waals surface area (Å²) < 4.78 is 5.39. The fourth-order valence-electron chi connectivity index (χ4n) is 1.54. The number of amides is 1. The van der Waals surface area contributed by atoms with Gasteiger partial charge in [0.15, 0.2) is 0 Å². The average Bonchev–Trinajstić information content (AvgIpc) is 2.89. The average molecular weight is 295 g/mol. The second-order valence-corrected chi connectivity index (χ2v) is 5.55. The van der Waals surface area contributed by atoms with Crippen molar-refractivity contribution in [3.8, 4) is 11.8 Å². The summed E-state index contributed by atoms with van der Waals surface area (Å²) in [5.41, 5.74) is 0.597. The fourth-order valence-corrected chi connectivity index (χ4v) is 2.30. The highest BCUT2D eigenvalue weighted by Gasteiger charge is 2.18. The third-order valence-electron chi connectivity index (χ3n) is 2.78. The van der Waals surface area contributed by atoms with E-state index in [1.54, 1.807) is 11.4 Å². The molecule has 5 heteroatoms. The molecule has 0 aliphatic heterocycles. The van der Waals surface area contributed by atoms with Crippen molar-refractivity contribution in [3.63, 3.8) is 0 Å². The lowest BCUT2D eigenvalue weighted by Gasteiger charge is -2.21. The molecule has 1 rings (SSSR count). The van der Waals surface area contributed by atoms with Gasteiger partial charge in [-0.25, -0.2) is 0 Å². The van der Waals surface area contributed by atoms with Crippen LogP contribution in [0.15, 0.2) is 11.4 Å². The van der Waals surface area contributed by atoms with Crippen LogP contribution in [0.1, 0.15) is 36.0 Å². The summed E-state index contributed by atoms with van der Waals surface area (Å²) >= 11 is 1.39. The van der Waals surface area contributed by atoms with E-state index < -0.39 is 0 Å². The highest BCUT2D eigenvalue weighted by molar-refractivity contribution is 7.10. The molecular formula is C15H21NO3S. The Morgan fingerprint density at radius 3 is 2.90 bits per heavy atom. The van der Waals surface area contributed by atoms with E-state index in [4.69, 9.17) is 9.84 Å². The summed E-state index contributed by atoms with van der Waals surface area (Å²) in [7, 11) is 0. The molecule has 110 valence electrons. The van der Waals surface area contributed by atoms with Crippen LogP contribution < -0.4 is 5.32 Å². The van der Waals surface area contributed by atoms with Gasteiger partial charge in [-0.05, 0) is 18.9 Å². The van der Waals surface area contributed by atoms with Crippen LogP contribution in [-0.4, -0.2) is 36.9 Å². The van der Waals surface area contributed by atoms with Crippen molar-refractivity contribution in [2.24, 2.45) is 5.92 Å². The van der Waals surface area contributed by atoms with Crippen molar-refractivity contribution in [2.45, 2.75) is 26.8 Å². The molecule has 0 aliphatic rings.